The minimum Gasteiger partial charge on any atom is -0.423 e. The Kier molecular flexibility index (Phi) is 3.42. The Morgan fingerprint density at radius 1 is 0.958 bits per heavy atom. The fourth-order valence-corrected chi connectivity index (χ4v) is 3.09. The molecule has 0 radical (unpaired) electrons. The summed E-state index contributed by atoms with van der Waals surface area (Å²) in [5.41, 5.74) is 3.65. The van der Waals surface area contributed by atoms with E-state index >= 15 is 0 Å². The largest absolute Gasteiger partial charge is 0.423 e. The first kappa shape index (κ1) is 14.6. The van der Waals surface area contributed by atoms with Gasteiger partial charge in [0.1, 0.15) is 5.58 Å². The Labute approximate surface area is 139 Å². The summed E-state index contributed by atoms with van der Waals surface area (Å²) in [6.07, 6.45) is 4.15. The number of hydrogen-bond donors (Lipinski definition) is 0. The molecule has 2 aromatic carbocycles. The number of pyridine rings is 1. The van der Waals surface area contributed by atoms with E-state index in [-0.39, 0.29) is 5.63 Å². The molecular formula is C21H18NO2+. The Morgan fingerprint density at radius 3 is 2.54 bits per heavy atom. The molecule has 0 fully saturated rings. The summed E-state index contributed by atoms with van der Waals surface area (Å²) in [5, 5.41) is 3.38. The van der Waals surface area contributed by atoms with Gasteiger partial charge in [0.05, 0.1) is 0 Å². The zero-order valence-electron chi connectivity index (χ0n) is 13.7. The third-order valence-electron chi connectivity index (χ3n) is 4.54. The lowest BCUT2D eigenvalue weighted by Gasteiger charge is -2.06. The monoisotopic (exact) mass is 316 g/mol. The highest BCUT2D eigenvalue weighted by atomic mass is 16.4. The van der Waals surface area contributed by atoms with Crippen LogP contribution in [0.25, 0.3) is 21.7 Å². The normalized spacial score (nSPS) is 11.2. The lowest BCUT2D eigenvalue weighted by Crippen LogP contribution is -2.33. The average Bonchev–Trinajstić information content (AvgIpc) is 2.56. The maximum absolute atomic E-state index is 11.9. The van der Waals surface area contributed by atoms with Crippen LogP contribution in [0.15, 0.2) is 70.1 Å². The zero-order valence-corrected chi connectivity index (χ0v) is 13.7. The number of rotatable bonds is 2. The smallest absolute Gasteiger partial charge is 0.336 e. The molecule has 0 spiro atoms. The van der Waals surface area contributed by atoms with E-state index in [9.17, 15) is 4.79 Å². The molecule has 2 aromatic heterocycles. The van der Waals surface area contributed by atoms with Crippen LogP contribution in [0.1, 0.15) is 16.7 Å². The summed E-state index contributed by atoms with van der Waals surface area (Å²) in [7, 11) is 0. The first-order chi connectivity index (χ1) is 11.6. The number of hydrogen-bond acceptors (Lipinski definition) is 2. The van der Waals surface area contributed by atoms with Crippen LogP contribution in [-0.2, 0) is 6.54 Å². The molecule has 4 aromatic rings. The Bertz CT molecular complexity index is 1130. The predicted molar refractivity (Wildman–Crippen MR) is 95.2 cm³/mol. The topological polar surface area (TPSA) is 34.1 Å². The molecule has 24 heavy (non-hydrogen) atoms. The second kappa shape index (κ2) is 5.60. The van der Waals surface area contributed by atoms with Crippen molar-refractivity contribution in [3.63, 3.8) is 0 Å². The standard InChI is InChI=1S/C21H18NO2/c1-14-9-19-18(11-21(23)24-20(19)10-15(14)2)13-22-8-7-16-5-3-4-6-17(16)12-22/h3-12H,13H2,1-2H3/q+1. The quantitative estimate of drug-likeness (QED) is 0.415. The maximum Gasteiger partial charge on any atom is 0.336 e. The average molecular weight is 316 g/mol. The second-order valence-corrected chi connectivity index (χ2v) is 6.27. The van der Waals surface area contributed by atoms with Gasteiger partial charge in [-0.2, -0.15) is 0 Å². The Hall–Kier alpha value is -2.94. The zero-order chi connectivity index (χ0) is 16.7. The second-order valence-electron chi connectivity index (χ2n) is 6.27. The van der Waals surface area contributed by atoms with Crippen molar-refractivity contribution in [1.29, 1.82) is 0 Å². The van der Waals surface area contributed by atoms with Crippen LogP contribution in [0.2, 0.25) is 0 Å². The summed E-state index contributed by atoms with van der Waals surface area (Å²) < 4.78 is 7.48. The van der Waals surface area contributed by atoms with Crippen molar-refractivity contribution >= 4 is 21.7 Å². The molecule has 0 amide bonds. The minimum absolute atomic E-state index is 0.304. The Balaban J connectivity index is 1.85. The third kappa shape index (κ3) is 2.58. The van der Waals surface area contributed by atoms with Crippen LogP contribution >= 0.6 is 0 Å². The first-order valence-corrected chi connectivity index (χ1v) is 8.02. The molecule has 0 saturated heterocycles. The van der Waals surface area contributed by atoms with E-state index in [1.54, 1.807) is 6.07 Å². The van der Waals surface area contributed by atoms with Gasteiger partial charge in [-0.15, -0.1) is 0 Å². The van der Waals surface area contributed by atoms with Crippen molar-refractivity contribution in [2.45, 2.75) is 20.4 Å². The van der Waals surface area contributed by atoms with Crippen molar-refractivity contribution in [2.75, 3.05) is 0 Å². The minimum atomic E-state index is -0.304. The molecule has 0 N–H and O–H groups in total. The molecule has 0 atom stereocenters. The lowest BCUT2D eigenvalue weighted by atomic mass is 10.0. The van der Waals surface area contributed by atoms with E-state index in [1.165, 1.54) is 16.3 Å². The van der Waals surface area contributed by atoms with Gasteiger partial charge in [0.25, 0.3) is 0 Å². The fraction of sp³-hybridized carbons (Fsp3) is 0.143. The van der Waals surface area contributed by atoms with Crippen molar-refractivity contribution in [2.24, 2.45) is 0 Å². The molecule has 0 bridgehead atoms. The molecule has 0 unspecified atom stereocenters. The summed E-state index contributed by atoms with van der Waals surface area (Å²) in [5.74, 6) is 0. The Morgan fingerprint density at radius 2 is 1.71 bits per heavy atom. The summed E-state index contributed by atoms with van der Waals surface area (Å²) >= 11 is 0. The molecule has 0 aliphatic carbocycles. The van der Waals surface area contributed by atoms with Crippen LogP contribution in [0.4, 0.5) is 0 Å². The number of benzene rings is 2. The van der Waals surface area contributed by atoms with Gasteiger partial charge in [-0.1, -0.05) is 18.2 Å². The van der Waals surface area contributed by atoms with Gasteiger partial charge in [-0.25, -0.2) is 9.36 Å². The summed E-state index contributed by atoms with van der Waals surface area (Å²) in [6.45, 7) is 4.74. The lowest BCUT2D eigenvalue weighted by molar-refractivity contribution is -0.686. The molecule has 2 heterocycles. The predicted octanol–water partition coefficient (Wildman–Crippen LogP) is 3.90. The van der Waals surface area contributed by atoms with E-state index < -0.39 is 0 Å². The van der Waals surface area contributed by atoms with Crippen molar-refractivity contribution in [3.05, 3.63) is 88.0 Å². The summed E-state index contributed by atoms with van der Waals surface area (Å²) in [6, 6.07) is 16.0. The highest BCUT2D eigenvalue weighted by Crippen LogP contribution is 2.21. The van der Waals surface area contributed by atoms with Gasteiger partial charge in [0.2, 0.25) is 0 Å². The van der Waals surface area contributed by atoms with Crippen molar-refractivity contribution in [1.82, 2.24) is 0 Å². The molecule has 118 valence electrons. The maximum atomic E-state index is 11.9. The van der Waals surface area contributed by atoms with E-state index in [0.717, 1.165) is 16.5 Å². The molecular weight excluding hydrogens is 298 g/mol. The van der Waals surface area contributed by atoms with Crippen LogP contribution in [-0.4, -0.2) is 0 Å². The molecule has 0 aliphatic rings. The molecule has 0 aliphatic heterocycles. The van der Waals surface area contributed by atoms with Gasteiger partial charge < -0.3 is 4.42 Å². The molecule has 4 rings (SSSR count). The van der Waals surface area contributed by atoms with Gasteiger partial charge in [0, 0.05) is 28.5 Å². The first-order valence-electron chi connectivity index (χ1n) is 8.02. The SMILES string of the molecule is Cc1cc2oc(=O)cc(C[n+]3ccc4ccccc4c3)c2cc1C. The van der Waals surface area contributed by atoms with Gasteiger partial charge in [-0.3, -0.25) is 0 Å². The van der Waals surface area contributed by atoms with Crippen molar-refractivity contribution < 1.29 is 8.98 Å². The van der Waals surface area contributed by atoms with E-state index in [4.69, 9.17) is 4.42 Å². The highest BCUT2D eigenvalue weighted by molar-refractivity contribution is 5.82. The fourth-order valence-electron chi connectivity index (χ4n) is 3.09. The van der Waals surface area contributed by atoms with Crippen LogP contribution < -0.4 is 10.2 Å². The van der Waals surface area contributed by atoms with E-state index in [0.29, 0.717) is 12.1 Å². The van der Waals surface area contributed by atoms with Gasteiger partial charge in [0.15, 0.2) is 18.9 Å². The molecule has 0 saturated carbocycles. The number of nitrogens with zero attached hydrogens (tertiary/aromatic N) is 1. The number of fused-ring (bicyclic) bond motifs is 2. The number of aromatic nitrogens is 1. The van der Waals surface area contributed by atoms with Crippen LogP contribution in [0.3, 0.4) is 0 Å². The van der Waals surface area contributed by atoms with Crippen LogP contribution in [0, 0.1) is 13.8 Å². The molecule has 3 heteroatoms. The van der Waals surface area contributed by atoms with Crippen molar-refractivity contribution in [3.8, 4) is 0 Å². The number of aryl methyl sites for hydroxylation is 2. The molecule has 3 nitrogen and oxygen atoms in total. The van der Waals surface area contributed by atoms with Crippen LogP contribution in [0.5, 0.6) is 0 Å². The van der Waals surface area contributed by atoms with E-state index in [1.807, 2.05) is 31.3 Å². The highest BCUT2D eigenvalue weighted by Gasteiger charge is 2.12. The summed E-state index contributed by atoms with van der Waals surface area (Å²) in [4.78, 5) is 11.9. The van der Waals surface area contributed by atoms with Gasteiger partial charge in [-0.05, 0) is 48.6 Å². The third-order valence-corrected chi connectivity index (χ3v) is 4.54. The van der Waals surface area contributed by atoms with E-state index in [2.05, 4.69) is 42.0 Å². The van der Waals surface area contributed by atoms with Gasteiger partial charge >= 0.3 is 5.63 Å².